The van der Waals surface area contributed by atoms with Crippen molar-refractivity contribution in [3.63, 3.8) is 0 Å². The number of hydrogen-bond donors (Lipinski definition) is 3. The Labute approximate surface area is 328 Å². The first kappa shape index (κ1) is 49.2. The molecular weight excluding hydrogens is 690 g/mol. The number of aliphatic hydroxyl groups is 2. The number of methoxy groups -OCH3 is 2. The summed E-state index contributed by atoms with van der Waals surface area (Å²) < 4.78 is 136. The molecule has 2 aliphatic rings. The topological polar surface area (TPSA) is 329 Å². The molecule has 3 N–H and O–H groups in total. The van der Waals surface area contributed by atoms with Crippen LogP contribution < -0.4 is 128 Å². The Balaban J connectivity index is -0.00000380. The Bertz CT molecular complexity index is 1160. The Morgan fingerprint density at radius 1 is 0.810 bits per heavy atom. The number of carboxylic acids is 1. The summed E-state index contributed by atoms with van der Waals surface area (Å²) in [5, 5.41) is 32.1. The van der Waals surface area contributed by atoms with E-state index in [1.54, 1.807) is 0 Å². The minimum Gasteiger partial charge on any atom is -0.735 e. The van der Waals surface area contributed by atoms with Crippen molar-refractivity contribution in [3.05, 3.63) is 0 Å². The van der Waals surface area contributed by atoms with Crippen LogP contribution in [0.25, 0.3) is 0 Å². The summed E-state index contributed by atoms with van der Waals surface area (Å²) >= 11 is 0. The van der Waals surface area contributed by atoms with Gasteiger partial charge in [0.05, 0.1) is 12.6 Å². The third-order valence-corrected chi connectivity index (χ3v) is 6.55. The quantitative estimate of drug-likeness (QED) is 0.0961. The summed E-state index contributed by atoms with van der Waals surface area (Å²) in [5.74, 6) is -2.00. The molecular formula is C14H21NNa4O20S3. The average Bonchev–Trinajstić information content (AvgIpc) is 2.75. The van der Waals surface area contributed by atoms with Gasteiger partial charge in [-0.15, -0.1) is 0 Å². The van der Waals surface area contributed by atoms with Gasteiger partial charge in [0.15, 0.2) is 22.9 Å². The van der Waals surface area contributed by atoms with E-state index in [1.807, 2.05) is 0 Å². The normalized spacial score (nSPS) is 33.6. The summed E-state index contributed by atoms with van der Waals surface area (Å²) in [7, 11) is -15.1. The van der Waals surface area contributed by atoms with E-state index in [0.717, 1.165) is 14.2 Å². The third-order valence-electron chi connectivity index (χ3n) is 5.10. The molecule has 2 saturated heterocycles. The summed E-state index contributed by atoms with van der Waals surface area (Å²) in [4.78, 5) is 11.4. The second kappa shape index (κ2) is 20.3. The molecule has 21 nitrogen and oxygen atoms in total. The molecule has 2 aliphatic heterocycles. The smallest absolute Gasteiger partial charge is 0.735 e. The predicted molar refractivity (Wildman–Crippen MR) is 104 cm³/mol. The van der Waals surface area contributed by atoms with Crippen LogP contribution in [-0.4, -0.2) is 137 Å². The molecule has 0 aromatic rings. The SMILES string of the molecule is CO[C@H]1O[C@H](COS(=O)(=O)[O-])[C@@H](O[C@@H]2O[C@H](C(=O)[O-])[C@@H](OC)[C@H](O)[C@H]2O)[C@H](OS(=O)(=O)[O-])[C@H]1NS(=O)(=O)[O-].[Na+].[Na+].[Na+].[Na+]. The van der Waals surface area contributed by atoms with Gasteiger partial charge in [0.25, 0.3) is 0 Å². The maximum Gasteiger partial charge on any atom is 1.00 e. The van der Waals surface area contributed by atoms with E-state index < -0.39 is 105 Å². The van der Waals surface area contributed by atoms with Crippen LogP contribution >= 0.6 is 0 Å². The van der Waals surface area contributed by atoms with E-state index in [4.69, 9.17) is 23.7 Å². The Morgan fingerprint density at radius 2 is 1.36 bits per heavy atom. The number of aliphatic carboxylic acids is 1. The van der Waals surface area contributed by atoms with Gasteiger partial charge < -0.3 is 57.5 Å². The molecule has 10 atom stereocenters. The van der Waals surface area contributed by atoms with Crippen molar-refractivity contribution in [2.75, 3.05) is 20.8 Å². The van der Waals surface area contributed by atoms with Crippen molar-refractivity contribution >= 4 is 37.1 Å². The Morgan fingerprint density at radius 3 is 1.76 bits per heavy atom. The molecule has 0 aliphatic carbocycles. The van der Waals surface area contributed by atoms with Crippen LogP contribution in [0, 0.1) is 0 Å². The summed E-state index contributed by atoms with van der Waals surface area (Å²) in [6.07, 6.45) is -19.5. The van der Waals surface area contributed by atoms with Gasteiger partial charge in [-0.1, -0.05) is 0 Å². The van der Waals surface area contributed by atoms with Gasteiger partial charge in [-0.2, -0.15) is 0 Å². The Hall–Kier alpha value is 2.80. The summed E-state index contributed by atoms with van der Waals surface area (Å²) in [6.45, 7) is -1.36. The number of carbonyl (C=O) groups is 1. The van der Waals surface area contributed by atoms with Gasteiger partial charge in [0.2, 0.25) is 20.8 Å². The number of nitrogens with one attached hydrogen (secondary N) is 1. The minimum atomic E-state index is -5.82. The van der Waals surface area contributed by atoms with Gasteiger partial charge in [0.1, 0.15) is 48.8 Å². The maximum atomic E-state index is 11.4. The molecule has 2 rings (SSSR count). The summed E-state index contributed by atoms with van der Waals surface area (Å²) in [6, 6.07) is -2.26. The minimum absolute atomic E-state index is 0. The number of carbonyl (C=O) groups excluding carboxylic acids is 1. The van der Waals surface area contributed by atoms with Gasteiger partial charge in [0, 0.05) is 14.2 Å². The predicted octanol–water partition coefficient (Wildman–Crippen LogP) is -19.3. The third kappa shape index (κ3) is 14.9. The fourth-order valence-corrected chi connectivity index (χ4v) is 5.03. The Kier molecular flexibility index (Phi) is 23.8. The van der Waals surface area contributed by atoms with E-state index in [1.165, 1.54) is 4.72 Å². The molecule has 0 aromatic carbocycles. The monoisotopic (exact) mass is 711 g/mol. The van der Waals surface area contributed by atoms with Crippen LogP contribution in [-0.2, 0) is 67.9 Å². The van der Waals surface area contributed by atoms with Crippen molar-refractivity contribution in [1.29, 1.82) is 0 Å². The van der Waals surface area contributed by atoms with Crippen LogP contribution in [0.2, 0.25) is 0 Å². The van der Waals surface area contributed by atoms with E-state index in [9.17, 15) is 59.0 Å². The molecule has 0 saturated carbocycles. The molecule has 2 fully saturated rings. The summed E-state index contributed by atoms with van der Waals surface area (Å²) in [5.41, 5.74) is 0. The standard InChI is InChI=1S/C14H25NO20S3.4Na/c1-29-10-6(16)7(17)14(34-11(10)12(18)19)33-8-4(3-31-37(23,24)25)32-13(30-2)5(15-36(20,21)22)9(8)35-38(26,27)28;;;;/h4-11,13-17H,3H2,1-2H3,(H,18,19)(H,20,21,22)(H,23,24,25)(H,26,27,28);;;;/q;4*+1/p-4/t4-,5-,6-,7-,8-,9-,10+,11+,13+,14-;;;;/m1..../s1. The number of aliphatic hydroxyl groups excluding tert-OH is 2. The number of rotatable bonds is 12. The number of ether oxygens (including phenoxy) is 5. The first-order valence-corrected chi connectivity index (χ1v) is 13.9. The van der Waals surface area contributed by atoms with Crippen molar-refractivity contribution in [2.24, 2.45) is 0 Å². The average molecular weight is 711 g/mol. The molecule has 28 heteroatoms. The molecule has 2 heterocycles. The first-order valence-electron chi connectivity index (χ1n) is 9.84. The van der Waals surface area contributed by atoms with Crippen molar-refractivity contribution in [2.45, 2.75) is 61.3 Å². The van der Waals surface area contributed by atoms with Crippen LogP contribution in [0.1, 0.15) is 0 Å². The number of carboxylic acid groups (broad SMARTS) is 1. The van der Waals surface area contributed by atoms with E-state index in [2.05, 4.69) is 8.37 Å². The molecule has 0 aromatic heterocycles. The van der Waals surface area contributed by atoms with Crippen LogP contribution in [0.15, 0.2) is 0 Å². The van der Waals surface area contributed by atoms with E-state index in [0.29, 0.717) is 0 Å². The van der Waals surface area contributed by atoms with Gasteiger partial charge in [-0.25, -0.2) is 30.0 Å². The van der Waals surface area contributed by atoms with Crippen molar-refractivity contribution in [3.8, 4) is 0 Å². The zero-order valence-electron chi connectivity index (χ0n) is 22.9. The molecule has 42 heavy (non-hydrogen) atoms. The fourth-order valence-electron chi connectivity index (χ4n) is 3.65. The van der Waals surface area contributed by atoms with Gasteiger partial charge in [-0.3, -0.25) is 8.37 Å². The zero-order valence-corrected chi connectivity index (χ0v) is 33.4. The largest absolute Gasteiger partial charge is 1.00 e. The van der Waals surface area contributed by atoms with Gasteiger partial charge in [-0.05, 0) is 0 Å². The number of hydrogen-bond acceptors (Lipinski definition) is 20. The maximum absolute atomic E-state index is 11.4. The second-order valence-electron chi connectivity index (χ2n) is 7.56. The molecule has 0 radical (unpaired) electrons. The molecule has 224 valence electrons. The van der Waals surface area contributed by atoms with Crippen LogP contribution in [0.4, 0.5) is 0 Å². The van der Waals surface area contributed by atoms with Crippen LogP contribution in [0.3, 0.4) is 0 Å². The molecule has 0 unspecified atom stereocenters. The van der Waals surface area contributed by atoms with Crippen LogP contribution in [0.5, 0.6) is 0 Å². The van der Waals surface area contributed by atoms with E-state index >= 15 is 0 Å². The van der Waals surface area contributed by atoms with E-state index in [-0.39, 0.29) is 118 Å². The molecule has 0 spiro atoms. The second-order valence-corrected chi connectivity index (χ2v) is 10.8. The molecule has 0 amide bonds. The first-order chi connectivity index (χ1) is 17.3. The van der Waals surface area contributed by atoms with Crippen molar-refractivity contribution < 1.29 is 209 Å². The van der Waals surface area contributed by atoms with Crippen molar-refractivity contribution in [1.82, 2.24) is 4.72 Å². The zero-order chi connectivity index (χ0) is 29.2. The fraction of sp³-hybridized carbons (Fsp3) is 0.929. The molecule has 0 bridgehead atoms. The van der Waals surface area contributed by atoms with Gasteiger partial charge >= 0.3 is 118 Å².